The van der Waals surface area contributed by atoms with E-state index < -0.39 is 0 Å². The molecular weight excluding hydrogens is 265 g/mol. The molecule has 2 N–H and O–H groups in total. The second-order valence-corrected chi connectivity index (χ2v) is 4.98. The van der Waals surface area contributed by atoms with Crippen molar-refractivity contribution < 1.29 is 9.50 Å². The lowest BCUT2D eigenvalue weighted by molar-refractivity contribution is 0.475. The largest absolute Gasteiger partial charge is 0.508 e. The number of nitrogens with one attached hydrogen (secondary N) is 1. The number of halogens is 2. The van der Waals surface area contributed by atoms with Gasteiger partial charge in [0.05, 0.1) is 5.69 Å². The minimum atomic E-state index is -0.318. The van der Waals surface area contributed by atoms with Crippen molar-refractivity contribution in [3.63, 3.8) is 0 Å². The number of hydrogen-bond donors (Lipinski definition) is 2. The molecule has 0 heterocycles. The number of phenols is 1. The van der Waals surface area contributed by atoms with Gasteiger partial charge in [0, 0.05) is 11.1 Å². The van der Waals surface area contributed by atoms with E-state index in [1.165, 1.54) is 12.1 Å². The summed E-state index contributed by atoms with van der Waals surface area (Å²) < 4.78 is 13.6. The molecular formula is C15H15ClFNO. The number of benzene rings is 2. The first-order valence-corrected chi connectivity index (χ1v) is 6.42. The van der Waals surface area contributed by atoms with Crippen molar-refractivity contribution in [3.05, 3.63) is 58.9 Å². The minimum Gasteiger partial charge on any atom is -0.508 e. The van der Waals surface area contributed by atoms with E-state index in [-0.39, 0.29) is 17.6 Å². The van der Waals surface area contributed by atoms with Gasteiger partial charge in [-0.3, -0.25) is 0 Å². The Balaban J connectivity index is 2.02. The molecule has 0 aromatic heterocycles. The molecule has 19 heavy (non-hydrogen) atoms. The second kappa shape index (κ2) is 5.93. The second-order valence-electron chi connectivity index (χ2n) is 4.54. The average molecular weight is 280 g/mol. The Morgan fingerprint density at radius 2 is 1.89 bits per heavy atom. The molecule has 2 aromatic rings. The van der Waals surface area contributed by atoms with Crippen molar-refractivity contribution in [2.24, 2.45) is 0 Å². The van der Waals surface area contributed by atoms with E-state index in [0.29, 0.717) is 10.7 Å². The van der Waals surface area contributed by atoms with E-state index in [1.54, 1.807) is 18.2 Å². The van der Waals surface area contributed by atoms with E-state index >= 15 is 0 Å². The highest BCUT2D eigenvalue weighted by molar-refractivity contribution is 6.30. The first-order valence-electron chi connectivity index (χ1n) is 6.04. The Morgan fingerprint density at radius 3 is 2.58 bits per heavy atom. The summed E-state index contributed by atoms with van der Waals surface area (Å²) in [6.45, 7) is 1.97. The van der Waals surface area contributed by atoms with Gasteiger partial charge in [0.1, 0.15) is 11.6 Å². The third-order valence-corrected chi connectivity index (χ3v) is 3.04. The van der Waals surface area contributed by atoms with Gasteiger partial charge in [-0.2, -0.15) is 0 Å². The van der Waals surface area contributed by atoms with Crippen LogP contribution in [0.1, 0.15) is 12.5 Å². The maximum atomic E-state index is 13.6. The standard InChI is InChI=1S/C15H15ClFNO/c1-10(8-11-2-5-13(19)6-3-11)18-15-9-12(16)4-7-14(15)17/h2-7,9-10,18-19H,8H2,1H3. The lowest BCUT2D eigenvalue weighted by Gasteiger charge is -2.16. The van der Waals surface area contributed by atoms with Crippen LogP contribution in [0.3, 0.4) is 0 Å². The predicted molar refractivity (Wildman–Crippen MR) is 76.3 cm³/mol. The van der Waals surface area contributed by atoms with Gasteiger partial charge in [-0.25, -0.2) is 4.39 Å². The fraction of sp³-hybridized carbons (Fsp3) is 0.200. The smallest absolute Gasteiger partial charge is 0.146 e. The summed E-state index contributed by atoms with van der Waals surface area (Å²) in [7, 11) is 0. The van der Waals surface area contributed by atoms with Crippen LogP contribution >= 0.6 is 11.6 Å². The summed E-state index contributed by atoms with van der Waals surface area (Å²) in [4.78, 5) is 0. The molecule has 0 aliphatic rings. The fourth-order valence-corrected chi connectivity index (χ4v) is 2.08. The zero-order valence-corrected chi connectivity index (χ0v) is 11.3. The summed E-state index contributed by atoms with van der Waals surface area (Å²) in [5, 5.41) is 12.8. The SMILES string of the molecule is CC(Cc1ccc(O)cc1)Nc1cc(Cl)ccc1F. The predicted octanol–water partition coefficient (Wildman–Crippen LogP) is 4.23. The van der Waals surface area contributed by atoms with Gasteiger partial charge in [-0.15, -0.1) is 0 Å². The third-order valence-electron chi connectivity index (χ3n) is 2.81. The lowest BCUT2D eigenvalue weighted by atomic mass is 10.1. The Morgan fingerprint density at radius 1 is 1.21 bits per heavy atom. The highest BCUT2D eigenvalue weighted by Crippen LogP contribution is 2.21. The van der Waals surface area contributed by atoms with Crippen molar-refractivity contribution in [1.82, 2.24) is 0 Å². The molecule has 4 heteroatoms. The van der Waals surface area contributed by atoms with Crippen molar-refractivity contribution >= 4 is 17.3 Å². The highest BCUT2D eigenvalue weighted by Gasteiger charge is 2.08. The van der Waals surface area contributed by atoms with Crippen LogP contribution in [0, 0.1) is 5.82 Å². The molecule has 0 radical (unpaired) electrons. The zero-order chi connectivity index (χ0) is 13.8. The molecule has 2 nitrogen and oxygen atoms in total. The van der Waals surface area contributed by atoms with Crippen LogP contribution in [-0.2, 0) is 6.42 Å². The van der Waals surface area contributed by atoms with Crippen molar-refractivity contribution in [3.8, 4) is 5.75 Å². The first-order chi connectivity index (χ1) is 9.04. The third kappa shape index (κ3) is 3.86. The fourth-order valence-electron chi connectivity index (χ4n) is 1.91. The monoisotopic (exact) mass is 279 g/mol. The van der Waals surface area contributed by atoms with Crippen LogP contribution in [0.25, 0.3) is 0 Å². The van der Waals surface area contributed by atoms with E-state index in [1.807, 2.05) is 19.1 Å². The van der Waals surface area contributed by atoms with Gasteiger partial charge in [0.15, 0.2) is 0 Å². The molecule has 0 bridgehead atoms. The molecule has 0 aliphatic heterocycles. The molecule has 0 saturated heterocycles. The van der Waals surface area contributed by atoms with Crippen LogP contribution in [0.15, 0.2) is 42.5 Å². The van der Waals surface area contributed by atoms with Crippen LogP contribution in [0.2, 0.25) is 5.02 Å². The van der Waals surface area contributed by atoms with E-state index in [0.717, 1.165) is 12.0 Å². The first kappa shape index (κ1) is 13.7. The molecule has 1 atom stereocenters. The van der Waals surface area contributed by atoms with Crippen LogP contribution in [-0.4, -0.2) is 11.1 Å². The molecule has 2 rings (SSSR count). The molecule has 0 fully saturated rings. The Bertz CT molecular complexity index is 557. The van der Waals surface area contributed by atoms with Crippen molar-refractivity contribution in [2.45, 2.75) is 19.4 Å². The molecule has 2 aromatic carbocycles. The zero-order valence-electron chi connectivity index (χ0n) is 10.5. The van der Waals surface area contributed by atoms with Crippen LogP contribution in [0.4, 0.5) is 10.1 Å². The van der Waals surface area contributed by atoms with Gasteiger partial charge in [0.25, 0.3) is 0 Å². The average Bonchev–Trinajstić information content (AvgIpc) is 2.37. The topological polar surface area (TPSA) is 32.3 Å². The minimum absolute atomic E-state index is 0.0532. The normalized spacial score (nSPS) is 12.2. The maximum absolute atomic E-state index is 13.6. The molecule has 0 amide bonds. The van der Waals surface area contributed by atoms with Gasteiger partial charge in [-0.05, 0) is 49.2 Å². The van der Waals surface area contributed by atoms with E-state index in [9.17, 15) is 9.50 Å². The van der Waals surface area contributed by atoms with Gasteiger partial charge in [0.2, 0.25) is 0 Å². The van der Waals surface area contributed by atoms with Crippen LogP contribution in [0.5, 0.6) is 5.75 Å². The number of aromatic hydroxyl groups is 1. The van der Waals surface area contributed by atoms with Crippen molar-refractivity contribution in [1.29, 1.82) is 0 Å². The van der Waals surface area contributed by atoms with Crippen molar-refractivity contribution in [2.75, 3.05) is 5.32 Å². The molecule has 0 aliphatic carbocycles. The summed E-state index contributed by atoms with van der Waals surface area (Å²) in [5.74, 6) is -0.0767. The van der Waals surface area contributed by atoms with E-state index in [2.05, 4.69) is 5.32 Å². The molecule has 0 saturated carbocycles. The number of anilines is 1. The summed E-state index contributed by atoms with van der Waals surface area (Å²) >= 11 is 5.84. The molecule has 100 valence electrons. The lowest BCUT2D eigenvalue weighted by Crippen LogP contribution is -2.18. The summed E-state index contributed by atoms with van der Waals surface area (Å²) in [6.07, 6.45) is 0.728. The van der Waals surface area contributed by atoms with Crippen LogP contribution < -0.4 is 5.32 Å². The quantitative estimate of drug-likeness (QED) is 0.878. The van der Waals surface area contributed by atoms with E-state index in [4.69, 9.17) is 11.6 Å². The van der Waals surface area contributed by atoms with Gasteiger partial charge < -0.3 is 10.4 Å². The van der Waals surface area contributed by atoms with Gasteiger partial charge in [-0.1, -0.05) is 23.7 Å². The Labute approximate surface area is 116 Å². The molecule has 1 unspecified atom stereocenters. The summed E-state index contributed by atoms with van der Waals surface area (Å²) in [5.41, 5.74) is 1.47. The van der Waals surface area contributed by atoms with Gasteiger partial charge >= 0.3 is 0 Å². The number of phenolic OH excluding ortho intramolecular Hbond substituents is 1. The Kier molecular flexibility index (Phi) is 4.27. The Hall–Kier alpha value is -1.74. The number of hydrogen-bond acceptors (Lipinski definition) is 2. The maximum Gasteiger partial charge on any atom is 0.146 e. The highest BCUT2D eigenvalue weighted by atomic mass is 35.5. The molecule has 0 spiro atoms. The number of rotatable bonds is 4. The summed E-state index contributed by atoms with van der Waals surface area (Å²) in [6, 6.07) is 11.5.